The summed E-state index contributed by atoms with van der Waals surface area (Å²) in [5, 5.41) is 14.7. The Labute approximate surface area is 83.6 Å². The zero-order chi connectivity index (χ0) is 10.4. The van der Waals surface area contributed by atoms with Crippen LogP contribution in [-0.2, 0) is 11.3 Å². The predicted molar refractivity (Wildman–Crippen MR) is 51.8 cm³/mol. The first kappa shape index (κ1) is 11.1. The average molecular weight is 199 g/mol. The molecule has 6 heteroatoms. The lowest BCUT2D eigenvalue weighted by molar-refractivity contribution is 0.195. The molecule has 1 N–H and O–H groups in total. The molecule has 1 aromatic heterocycles. The number of methoxy groups -OCH3 is 1. The van der Waals surface area contributed by atoms with Crippen molar-refractivity contribution in [2.75, 3.05) is 20.3 Å². The fourth-order valence-electron chi connectivity index (χ4n) is 1.22. The molecular formula is C8H17N5O. The topological polar surface area (TPSA) is 64.9 Å². The number of ether oxygens (including phenoxy) is 1. The number of nitrogens with zero attached hydrogens (tertiary/aromatic N) is 4. The van der Waals surface area contributed by atoms with E-state index in [9.17, 15) is 0 Å². The van der Waals surface area contributed by atoms with Crippen LogP contribution in [0.25, 0.3) is 0 Å². The van der Waals surface area contributed by atoms with Crippen LogP contribution in [0.2, 0.25) is 0 Å². The molecule has 0 bridgehead atoms. The van der Waals surface area contributed by atoms with Gasteiger partial charge in [-0.3, -0.25) is 0 Å². The Morgan fingerprint density at radius 3 is 3.00 bits per heavy atom. The molecule has 0 saturated carbocycles. The van der Waals surface area contributed by atoms with E-state index in [0.29, 0.717) is 6.61 Å². The van der Waals surface area contributed by atoms with E-state index < -0.39 is 0 Å². The first-order chi connectivity index (χ1) is 6.79. The minimum absolute atomic E-state index is 0.153. The number of aryl methyl sites for hydroxylation is 1. The van der Waals surface area contributed by atoms with Crippen LogP contribution in [0.4, 0.5) is 0 Å². The Kier molecular flexibility index (Phi) is 4.48. The Morgan fingerprint density at radius 1 is 1.57 bits per heavy atom. The number of tetrazole rings is 1. The molecule has 1 heterocycles. The van der Waals surface area contributed by atoms with Gasteiger partial charge in [-0.2, -0.15) is 0 Å². The number of hydrogen-bond donors (Lipinski definition) is 1. The monoisotopic (exact) mass is 199 g/mol. The molecule has 0 aliphatic heterocycles. The lowest BCUT2D eigenvalue weighted by atomic mass is 10.3. The van der Waals surface area contributed by atoms with Crippen molar-refractivity contribution < 1.29 is 4.74 Å². The lowest BCUT2D eigenvalue weighted by Gasteiger charge is -2.11. The first-order valence-electron chi connectivity index (χ1n) is 4.78. The van der Waals surface area contributed by atoms with Crippen LogP contribution in [0.3, 0.4) is 0 Å². The maximum atomic E-state index is 4.95. The molecule has 0 fully saturated rings. The Balaban J connectivity index is 2.47. The highest BCUT2D eigenvalue weighted by Gasteiger charge is 2.11. The first-order valence-corrected chi connectivity index (χ1v) is 4.78. The summed E-state index contributed by atoms with van der Waals surface area (Å²) in [5.41, 5.74) is 0. The van der Waals surface area contributed by atoms with Gasteiger partial charge in [-0.1, -0.05) is 0 Å². The van der Waals surface area contributed by atoms with Crippen molar-refractivity contribution >= 4 is 0 Å². The van der Waals surface area contributed by atoms with Crippen LogP contribution in [-0.4, -0.2) is 40.5 Å². The highest BCUT2D eigenvalue weighted by molar-refractivity contribution is 4.89. The average Bonchev–Trinajstić information content (AvgIpc) is 2.65. The molecule has 1 atom stereocenters. The van der Waals surface area contributed by atoms with Crippen molar-refractivity contribution in [3.8, 4) is 0 Å². The van der Waals surface area contributed by atoms with Gasteiger partial charge >= 0.3 is 0 Å². The van der Waals surface area contributed by atoms with E-state index in [0.717, 1.165) is 18.9 Å². The summed E-state index contributed by atoms with van der Waals surface area (Å²) < 4.78 is 6.73. The maximum Gasteiger partial charge on any atom is 0.167 e. The Morgan fingerprint density at radius 2 is 2.36 bits per heavy atom. The molecule has 0 spiro atoms. The Hall–Kier alpha value is -1.01. The fraction of sp³-hybridized carbons (Fsp3) is 0.875. The lowest BCUT2D eigenvalue weighted by Crippen LogP contribution is -2.25. The molecule has 14 heavy (non-hydrogen) atoms. The van der Waals surface area contributed by atoms with Gasteiger partial charge in [-0.25, -0.2) is 4.68 Å². The third-order valence-corrected chi connectivity index (χ3v) is 2.00. The standard InChI is InChI=1S/C8H17N5O/c1-4-13-8(10-11-12-13)7(2)9-5-6-14-3/h7,9H,4-6H2,1-3H3. The van der Waals surface area contributed by atoms with Crippen LogP contribution in [0, 0.1) is 0 Å². The molecule has 1 aromatic rings. The summed E-state index contributed by atoms with van der Waals surface area (Å²) in [4.78, 5) is 0. The second kappa shape index (κ2) is 5.66. The van der Waals surface area contributed by atoms with Gasteiger partial charge < -0.3 is 10.1 Å². The summed E-state index contributed by atoms with van der Waals surface area (Å²) >= 11 is 0. The highest BCUT2D eigenvalue weighted by atomic mass is 16.5. The molecule has 0 radical (unpaired) electrons. The summed E-state index contributed by atoms with van der Waals surface area (Å²) in [7, 11) is 1.68. The van der Waals surface area contributed by atoms with E-state index in [1.807, 2.05) is 13.8 Å². The molecule has 0 aromatic carbocycles. The zero-order valence-corrected chi connectivity index (χ0v) is 8.90. The van der Waals surface area contributed by atoms with Crippen molar-refractivity contribution in [1.29, 1.82) is 0 Å². The van der Waals surface area contributed by atoms with Gasteiger partial charge in [0.1, 0.15) is 0 Å². The number of hydrogen-bond acceptors (Lipinski definition) is 5. The largest absolute Gasteiger partial charge is 0.383 e. The van der Waals surface area contributed by atoms with Gasteiger partial charge in [0.05, 0.1) is 12.6 Å². The van der Waals surface area contributed by atoms with Gasteiger partial charge in [0.15, 0.2) is 5.82 Å². The molecule has 1 unspecified atom stereocenters. The van der Waals surface area contributed by atoms with Crippen molar-refractivity contribution in [1.82, 2.24) is 25.5 Å². The molecule has 0 aliphatic carbocycles. The molecule has 80 valence electrons. The molecular weight excluding hydrogens is 182 g/mol. The highest BCUT2D eigenvalue weighted by Crippen LogP contribution is 2.05. The van der Waals surface area contributed by atoms with Crippen LogP contribution in [0.15, 0.2) is 0 Å². The van der Waals surface area contributed by atoms with Crippen molar-refractivity contribution in [2.45, 2.75) is 26.4 Å². The second-order valence-corrected chi connectivity index (χ2v) is 3.02. The van der Waals surface area contributed by atoms with Gasteiger partial charge in [-0.15, -0.1) is 5.10 Å². The van der Waals surface area contributed by atoms with Gasteiger partial charge in [0.2, 0.25) is 0 Å². The zero-order valence-electron chi connectivity index (χ0n) is 8.90. The number of nitrogens with one attached hydrogen (secondary N) is 1. The van der Waals surface area contributed by atoms with E-state index in [1.54, 1.807) is 11.8 Å². The molecule has 0 saturated heterocycles. The van der Waals surface area contributed by atoms with Gasteiger partial charge in [0.25, 0.3) is 0 Å². The maximum absolute atomic E-state index is 4.95. The third kappa shape index (κ3) is 2.74. The third-order valence-electron chi connectivity index (χ3n) is 2.00. The SMILES string of the molecule is CCn1nnnc1C(C)NCCOC. The van der Waals surface area contributed by atoms with Crippen LogP contribution in [0.1, 0.15) is 25.7 Å². The number of rotatable bonds is 6. The van der Waals surface area contributed by atoms with Crippen LogP contribution < -0.4 is 5.32 Å². The van der Waals surface area contributed by atoms with Crippen molar-refractivity contribution in [2.24, 2.45) is 0 Å². The van der Waals surface area contributed by atoms with E-state index in [4.69, 9.17) is 4.74 Å². The van der Waals surface area contributed by atoms with Crippen molar-refractivity contribution in [3.63, 3.8) is 0 Å². The second-order valence-electron chi connectivity index (χ2n) is 3.02. The predicted octanol–water partition coefficient (Wildman–Crippen LogP) is -0.0100. The summed E-state index contributed by atoms with van der Waals surface area (Å²) in [6, 6.07) is 0.153. The van der Waals surface area contributed by atoms with Crippen LogP contribution >= 0.6 is 0 Å². The van der Waals surface area contributed by atoms with Gasteiger partial charge in [-0.05, 0) is 24.3 Å². The molecule has 1 rings (SSSR count). The minimum atomic E-state index is 0.153. The smallest absolute Gasteiger partial charge is 0.167 e. The van der Waals surface area contributed by atoms with E-state index in [2.05, 4.69) is 20.8 Å². The quantitative estimate of drug-likeness (QED) is 0.653. The van der Waals surface area contributed by atoms with E-state index in [1.165, 1.54) is 0 Å². The minimum Gasteiger partial charge on any atom is -0.383 e. The normalized spacial score (nSPS) is 13.1. The molecule has 0 amide bonds. The summed E-state index contributed by atoms with van der Waals surface area (Å²) in [5.74, 6) is 0.864. The number of aromatic nitrogens is 4. The summed E-state index contributed by atoms with van der Waals surface area (Å²) in [6.45, 7) is 6.33. The Bertz CT molecular complexity index is 262. The summed E-state index contributed by atoms with van der Waals surface area (Å²) in [6.07, 6.45) is 0. The van der Waals surface area contributed by atoms with Crippen LogP contribution in [0.5, 0.6) is 0 Å². The van der Waals surface area contributed by atoms with E-state index in [-0.39, 0.29) is 6.04 Å². The van der Waals surface area contributed by atoms with E-state index >= 15 is 0 Å². The van der Waals surface area contributed by atoms with Crippen molar-refractivity contribution in [3.05, 3.63) is 5.82 Å². The molecule has 6 nitrogen and oxygen atoms in total. The fourth-order valence-corrected chi connectivity index (χ4v) is 1.22. The molecule has 0 aliphatic rings. The van der Waals surface area contributed by atoms with Gasteiger partial charge in [0, 0.05) is 20.2 Å².